The van der Waals surface area contributed by atoms with Gasteiger partial charge in [-0.2, -0.15) is 0 Å². The topological polar surface area (TPSA) is 44.8 Å². The van der Waals surface area contributed by atoms with Gasteiger partial charge in [0.15, 0.2) is 11.5 Å². The lowest BCUT2D eigenvalue weighted by molar-refractivity contribution is -0.141. The van der Waals surface area contributed by atoms with Crippen LogP contribution in [0.2, 0.25) is 0 Å². The second kappa shape index (κ2) is 5.13. The van der Waals surface area contributed by atoms with E-state index in [1.807, 2.05) is 0 Å². The van der Waals surface area contributed by atoms with Gasteiger partial charge in [-0.3, -0.25) is 4.79 Å². The van der Waals surface area contributed by atoms with Gasteiger partial charge in [0.1, 0.15) is 5.75 Å². The predicted octanol–water partition coefficient (Wildman–Crippen LogP) is 4.44. The largest absolute Gasteiger partial charge is 0.454 e. The Morgan fingerprint density at radius 3 is 2.67 bits per heavy atom. The maximum absolute atomic E-state index is 12.6. The van der Waals surface area contributed by atoms with Crippen molar-refractivity contribution in [1.29, 1.82) is 0 Å². The summed E-state index contributed by atoms with van der Waals surface area (Å²) < 4.78 is 16.5. The van der Waals surface area contributed by atoms with E-state index in [0.29, 0.717) is 23.7 Å². The molecule has 4 saturated carbocycles. The highest BCUT2D eigenvalue weighted by molar-refractivity contribution is 9.10. The number of carbonyl (C=O) groups is 1. The van der Waals surface area contributed by atoms with Gasteiger partial charge in [0.25, 0.3) is 0 Å². The minimum absolute atomic E-state index is 0.119. The van der Waals surface area contributed by atoms with E-state index in [2.05, 4.69) is 15.9 Å². The van der Waals surface area contributed by atoms with Crippen molar-refractivity contribution in [3.05, 3.63) is 18.2 Å². The van der Waals surface area contributed by atoms with Crippen molar-refractivity contribution in [2.75, 3.05) is 6.79 Å². The number of hydrogen-bond acceptors (Lipinski definition) is 4. The molecule has 0 amide bonds. The second-order valence-corrected chi connectivity index (χ2v) is 9.96. The van der Waals surface area contributed by atoms with E-state index >= 15 is 0 Å². The lowest BCUT2D eigenvalue weighted by Crippen LogP contribution is -2.53. The molecular formula is C19H21BrO4. The van der Waals surface area contributed by atoms with Gasteiger partial charge in [-0.05, 0) is 67.9 Å². The van der Waals surface area contributed by atoms with Crippen LogP contribution in [0.5, 0.6) is 17.2 Å². The van der Waals surface area contributed by atoms with E-state index in [0.717, 1.165) is 18.3 Å². The number of halogens is 1. The molecule has 24 heavy (non-hydrogen) atoms. The van der Waals surface area contributed by atoms with Crippen molar-refractivity contribution in [3.8, 4) is 17.2 Å². The number of hydrogen-bond donors (Lipinski definition) is 0. The molecule has 0 radical (unpaired) electrons. The normalized spacial score (nSPS) is 38.4. The molecule has 0 aromatic heterocycles. The van der Waals surface area contributed by atoms with Crippen LogP contribution in [-0.2, 0) is 4.79 Å². The molecule has 1 heterocycles. The Kier molecular flexibility index (Phi) is 3.22. The van der Waals surface area contributed by atoms with Gasteiger partial charge >= 0.3 is 5.97 Å². The van der Waals surface area contributed by atoms with E-state index in [-0.39, 0.29) is 22.5 Å². The van der Waals surface area contributed by atoms with E-state index in [9.17, 15) is 4.79 Å². The number of esters is 1. The quantitative estimate of drug-likeness (QED) is 0.433. The van der Waals surface area contributed by atoms with Crippen LogP contribution in [0.25, 0.3) is 0 Å². The first-order chi connectivity index (χ1) is 11.5. The summed E-state index contributed by atoms with van der Waals surface area (Å²) in [4.78, 5) is 12.6. The molecule has 4 atom stereocenters. The molecule has 2 unspecified atom stereocenters. The minimum Gasteiger partial charge on any atom is -0.454 e. The molecule has 5 heteroatoms. The standard InChI is InChI=1S/C19H21BrO4/c20-19-7-12-3-13(8-19)6-18(5-12,10-19)9-17(21)24-14-1-2-15-16(4-14)23-11-22-15/h1-2,4,12-13H,3,5-11H2/t12-,13+,18?,19?. The van der Waals surface area contributed by atoms with Gasteiger partial charge in [0.2, 0.25) is 6.79 Å². The zero-order chi connectivity index (χ0) is 16.4. The minimum atomic E-state index is -0.119. The van der Waals surface area contributed by atoms with Crippen LogP contribution in [0.4, 0.5) is 0 Å². The maximum Gasteiger partial charge on any atom is 0.311 e. The highest BCUT2D eigenvalue weighted by Gasteiger charge is 2.57. The smallest absolute Gasteiger partial charge is 0.311 e. The summed E-state index contributed by atoms with van der Waals surface area (Å²) in [5.41, 5.74) is 0.140. The Balaban J connectivity index is 1.30. The first-order valence-electron chi connectivity index (χ1n) is 8.80. The lowest BCUT2D eigenvalue weighted by Gasteiger charge is -2.60. The van der Waals surface area contributed by atoms with Crippen LogP contribution >= 0.6 is 15.9 Å². The molecule has 1 aromatic carbocycles. The molecule has 4 bridgehead atoms. The Hall–Kier alpha value is -1.23. The first-order valence-corrected chi connectivity index (χ1v) is 9.60. The SMILES string of the molecule is O=C(CC12C[C@@H]3C[C@@H](CC(Br)(C3)C1)C2)Oc1ccc2c(c1)OCO2. The summed E-state index contributed by atoms with van der Waals surface area (Å²) in [6.07, 6.45) is 7.93. The van der Waals surface area contributed by atoms with Crippen molar-refractivity contribution in [2.24, 2.45) is 17.3 Å². The first kappa shape index (κ1) is 15.1. The van der Waals surface area contributed by atoms with Crippen LogP contribution in [0.15, 0.2) is 18.2 Å². The number of rotatable bonds is 3. The monoisotopic (exact) mass is 392 g/mol. The summed E-state index contributed by atoms with van der Waals surface area (Å²) >= 11 is 4.00. The molecule has 5 aliphatic rings. The van der Waals surface area contributed by atoms with Crippen molar-refractivity contribution in [3.63, 3.8) is 0 Å². The molecule has 4 aliphatic carbocycles. The lowest BCUT2D eigenvalue weighted by atomic mass is 9.49. The van der Waals surface area contributed by atoms with Gasteiger partial charge in [0.05, 0.1) is 6.42 Å². The van der Waals surface area contributed by atoms with Gasteiger partial charge < -0.3 is 14.2 Å². The van der Waals surface area contributed by atoms with Crippen LogP contribution in [0, 0.1) is 17.3 Å². The third-order valence-electron chi connectivity index (χ3n) is 6.21. The van der Waals surface area contributed by atoms with Crippen LogP contribution in [0.1, 0.15) is 44.9 Å². The highest BCUT2D eigenvalue weighted by Crippen LogP contribution is 2.65. The van der Waals surface area contributed by atoms with Gasteiger partial charge in [-0.25, -0.2) is 0 Å². The summed E-state index contributed by atoms with van der Waals surface area (Å²) in [6.45, 7) is 0.228. The zero-order valence-corrected chi connectivity index (χ0v) is 15.1. The molecule has 0 spiro atoms. The number of carbonyl (C=O) groups excluding carboxylic acids is 1. The Labute approximate surface area is 150 Å². The van der Waals surface area contributed by atoms with Crippen LogP contribution in [0.3, 0.4) is 0 Å². The fourth-order valence-electron chi connectivity index (χ4n) is 5.96. The summed E-state index contributed by atoms with van der Waals surface area (Å²) in [6, 6.07) is 5.31. The summed E-state index contributed by atoms with van der Waals surface area (Å²) in [5.74, 6) is 3.34. The number of benzene rings is 1. The average Bonchev–Trinajstić information content (AvgIpc) is 2.91. The Morgan fingerprint density at radius 2 is 1.92 bits per heavy atom. The van der Waals surface area contributed by atoms with Crippen molar-refractivity contribution in [2.45, 2.75) is 49.3 Å². The maximum atomic E-state index is 12.6. The molecule has 1 aromatic rings. The van der Waals surface area contributed by atoms with Gasteiger partial charge in [-0.1, -0.05) is 15.9 Å². The van der Waals surface area contributed by atoms with E-state index in [1.54, 1.807) is 18.2 Å². The number of ether oxygens (including phenoxy) is 3. The van der Waals surface area contributed by atoms with Crippen molar-refractivity contribution >= 4 is 21.9 Å². The molecule has 128 valence electrons. The summed E-state index contributed by atoms with van der Waals surface area (Å²) in [7, 11) is 0. The molecule has 1 aliphatic heterocycles. The van der Waals surface area contributed by atoms with Gasteiger partial charge in [0, 0.05) is 10.4 Å². The molecule has 4 nitrogen and oxygen atoms in total. The molecule has 4 fully saturated rings. The molecule has 0 saturated heterocycles. The number of fused-ring (bicyclic) bond motifs is 1. The predicted molar refractivity (Wildman–Crippen MR) is 91.6 cm³/mol. The van der Waals surface area contributed by atoms with E-state index in [4.69, 9.17) is 14.2 Å². The zero-order valence-electron chi connectivity index (χ0n) is 13.6. The molecular weight excluding hydrogens is 372 g/mol. The van der Waals surface area contributed by atoms with Gasteiger partial charge in [-0.15, -0.1) is 0 Å². The Morgan fingerprint density at radius 1 is 1.17 bits per heavy atom. The van der Waals surface area contributed by atoms with Crippen LogP contribution in [-0.4, -0.2) is 17.1 Å². The fourth-order valence-corrected chi connectivity index (χ4v) is 7.47. The van der Waals surface area contributed by atoms with Crippen molar-refractivity contribution in [1.82, 2.24) is 0 Å². The molecule has 6 rings (SSSR count). The third-order valence-corrected chi connectivity index (χ3v) is 7.13. The molecule has 0 N–H and O–H groups in total. The number of alkyl halides is 1. The highest BCUT2D eigenvalue weighted by atomic mass is 79.9. The summed E-state index contributed by atoms with van der Waals surface area (Å²) in [5, 5.41) is 0. The van der Waals surface area contributed by atoms with Crippen molar-refractivity contribution < 1.29 is 19.0 Å². The van der Waals surface area contributed by atoms with E-state index < -0.39 is 0 Å². The average molecular weight is 393 g/mol. The Bertz CT molecular complexity index is 687. The third kappa shape index (κ3) is 2.52. The van der Waals surface area contributed by atoms with Crippen LogP contribution < -0.4 is 14.2 Å². The second-order valence-electron chi connectivity index (χ2n) is 8.28. The van der Waals surface area contributed by atoms with E-state index in [1.165, 1.54) is 32.1 Å². The fraction of sp³-hybridized carbons (Fsp3) is 0.632.